The largest absolute Gasteiger partial charge is 0.398 e. The van der Waals surface area contributed by atoms with Crippen molar-refractivity contribution in [3.05, 3.63) is 28.2 Å². The number of hydrogen-bond donors (Lipinski definition) is 1. The van der Waals surface area contributed by atoms with Crippen molar-refractivity contribution >= 4 is 21.6 Å². The summed E-state index contributed by atoms with van der Waals surface area (Å²) in [7, 11) is 2.14. The van der Waals surface area contributed by atoms with Crippen molar-refractivity contribution in [2.45, 2.75) is 20.4 Å². The van der Waals surface area contributed by atoms with Gasteiger partial charge >= 0.3 is 0 Å². The zero-order valence-electron chi connectivity index (χ0n) is 9.63. The summed E-state index contributed by atoms with van der Waals surface area (Å²) in [4.78, 5) is 2.32. The molecule has 0 amide bonds. The summed E-state index contributed by atoms with van der Waals surface area (Å²) in [6.07, 6.45) is 0. The fourth-order valence-corrected chi connectivity index (χ4v) is 2.09. The Labute approximate surface area is 101 Å². The molecular formula is C12H19BrN2. The van der Waals surface area contributed by atoms with Crippen LogP contribution >= 0.6 is 15.9 Å². The second-order valence-electron chi connectivity index (χ2n) is 4.45. The average Bonchev–Trinajstić information content (AvgIpc) is 2.10. The van der Waals surface area contributed by atoms with Crippen LogP contribution in [0.3, 0.4) is 0 Å². The van der Waals surface area contributed by atoms with E-state index in [1.54, 1.807) is 0 Å². The molecule has 0 spiro atoms. The maximum Gasteiger partial charge on any atom is 0.0458 e. The lowest BCUT2D eigenvalue weighted by Gasteiger charge is -2.19. The molecule has 15 heavy (non-hydrogen) atoms. The molecule has 0 unspecified atom stereocenters. The van der Waals surface area contributed by atoms with Gasteiger partial charge in [0.25, 0.3) is 0 Å². The van der Waals surface area contributed by atoms with Gasteiger partial charge in [-0.3, -0.25) is 0 Å². The molecule has 1 aromatic carbocycles. The normalized spacial score (nSPS) is 11.3. The molecule has 0 aliphatic rings. The second-order valence-corrected chi connectivity index (χ2v) is 5.30. The van der Waals surface area contributed by atoms with E-state index in [1.165, 1.54) is 5.56 Å². The van der Waals surface area contributed by atoms with Gasteiger partial charge in [-0.2, -0.15) is 0 Å². The summed E-state index contributed by atoms with van der Waals surface area (Å²) in [5.74, 6) is 0.701. The van der Waals surface area contributed by atoms with Gasteiger partial charge in [0.05, 0.1) is 0 Å². The smallest absolute Gasteiger partial charge is 0.0458 e. The molecule has 0 heterocycles. The molecule has 84 valence electrons. The van der Waals surface area contributed by atoms with Crippen LogP contribution in [0.1, 0.15) is 19.4 Å². The summed E-state index contributed by atoms with van der Waals surface area (Å²) in [6, 6.07) is 6.12. The minimum absolute atomic E-state index is 0.701. The Kier molecular flexibility index (Phi) is 4.61. The zero-order chi connectivity index (χ0) is 11.4. The number of anilines is 1. The predicted octanol–water partition coefficient (Wildman–Crippen LogP) is 3.12. The Bertz CT molecular complexity index is 323. The molecule has 1 rings (SSSR count). The van der Waals surface area contributed by atoms with E-state index >= 15 is 0 Å². The lowest BCUT2D eigenvalue weighted by molar-refractivity contribution is 0.288. The number of rotatable bonds is 4. The first-order valence-corrected chi connectivity index (χ1v) is 6.00. The third-order valence-corrected chi connectivity index (χ3v) is 2.88. The van der Waals surface area contributed by atoms with Crippen LogP contribution in [0.25, 0.3) is 0 Å². The Morgan fingerprint density at radius 1 is 1.40 bits per heavy atom. The molecule has 2 nitrogen and oxygen atoms in total. The Morgan fingerprint density at radius 2 is 2.07 bits per heavy atom. The lowest BCUT2D eigenvalue weighted by atomic mass is 10.1. The fourth-order valence-electron chi connectivity index (χ4n) is 1.67. The zero-order valence-corrected chi connectivity index (χ0v) is 11.2. The van der Waals surface area contributed by atoms with Crippen molar-refractivity contribution in [1.29, 1.82) is 0 Å². The first-order valence-electron chi connectivity index (χ1n) is 5.21. The Hall–Kier alpha value is -0.540. The van der Waals surface area contributed by atoms with Gasteiger partial charge in [-0.15, -0.1) is 0 Å². The van der Waals surface area contributed by atoms with Crippen molar-refractivity contribution in [1.82, 2.24) is 4.90 Å². The van der Waals surface area contributed by atoms with Gasteiger partial charge in [-0.05, 0) is 46.6 Å². The molecule has 0 atom stereocenters. The minimum atomic E-state index is 0.701. The van der Waals surface area contributed by atoms with E-state index < -0.39 is 0 Å². The minimum Gasteiger partial charge on any atom is -0.398 e. The van der Waals surface area contributed by atoms with Crippen LogP contribution in [0.4, 0.5) is 5.69 Å². The average molecular weight is 271 g/mol. The molecule has 0 fully saturated rings. The molecule has 0 aliphatic heterocycles. The van der Waals surface area contributed by atoms with E-state index in [0.29, 0.717) is 5.92 Å². The highest BCUT2D eigenvalue weighted by molar-refractivity contribution is 9.10. The molecule has 0 aromatic heterocycles. The summed E-state index contributed by atoms with van der Waals surface area (Å²) >= 11 is 3.44. The second kappa shape index (κ2) is 5.52. The number of nitrogens with zero attached hydrogens (tertiary/aromatic N) is 1. The quantitative estimate of drug-likeness (QED) is 0.852. The number of halogens is 1. The topological polar surface area (TPSA) is 29.3 Å². The molecular weight excluding hydrogens is 252 g/mol. The van der Waals surface area contributed by atoms with Crippen LogP contribution in [-0.2, 0) is 6.54 Å². The summed E-state index contributed by atoms with van der Waals surface area (Å²) in [6.45, 7) is 6.55. The lowest BCUT2D eigenvalue weighted by Crippen LogP contribution is -2.22. The number of benzene rings is 1. The third-order valence-electron chi connectivity index (χ3n) is 2.19. The predicted molar refractivity (Wildman–Crippen MR) is 69.7 cm³/mol. The van der Waals surface area contributed by atoms with Gasteiger partial charge in [0.15, 0.2) is 0 Å². The number of nitrogens with two attached hydrogens (primary N) is 1. The van der Waals surface area contributed by atoms with Crippen molar-refractivity contribution in [2.75, 3.05) is 19.3 Å². The van der Waals surface area contributed by atoms with Crippen molar-refractivity contribution < 1.29 is 0 Å². The van der Waals surface area contributed by atoms with Crippen LogP contribution in [0.2, 0.25) is 0 Å². The summed E-state index contributed by atoms with van der Waals surface area (Å²) in [5, 5.41) is 0. The maximum atomic E-state index is 5.74. The van der Waals surface area contributed by atoms with E-state index in [2.05, 4.69) is 53.9 Å². The molecule has 0 aliphatic carbocycles. The van der Waals surface area contributed by atoms with E-state index in [-0.39, 0.29) is 0 Å². The molecule has 0 bridgehead atoms. The van der Waals surface area contributed by atoms with Crippen LogP contribution in [0, 0.1) is 5.92 Å². The molecule has 0 radical (unpaired) electrons. The highest BCUT2D eigenvalue weighted by Gasteiger charge is 2.04. The molecule has 1 aromatic rings. The van der Waals surface area contributed by atoms with Crippen molar-refractivity contribution in [3.8, 4) is 0 Å². The molecule has 0 saturated carbocycles. The highest BCUT2D eigenvalue weighted by atomic mass is 79.9. The summed E-state index contributed by atoms with van der Waals surface area (Å²) in [5.41, 5.74) is 7.83. The van der Waals surface area contributed by atoms with Crippen LogP contribution in [0.5, 0.6) is 0 Å². The fraction of sp³-hybridized carbons (Fsp3) is 0.500. The maximum absolute atomic E-state index is 5.74. The van der Waals surface area contributed by atoms with Crippen LogP contribution in [0.15, 0.2) is 22.7 Å². The van der Waals surface area contributed by atoms with E-state index in [4.69, 9.17) is 5.73 Å². The van der Waals surface area contributed by atoms with Crippen molar-refractivity contribution in [3.63, 3.8) is 0 Å². The molecule has 3 heteroatoms. The Morgan fingerprint density at radius 3 is 2.60 bits per heavy atom. The monoisotopic (exact) mass is 270 g/mol. The third kappa shape index (κ3) is 4.22. The first-order chi connectivity index (χ1) is 6.99. The van der Waals surface area contributed by atoms with E-state index in [0.717, 1.165) is 23.2 Å². The van der Waals surface area contributed by atoms with Gasteiger partial charge in [0.2, 0.25) is 0 Å². The molecule has 0 saturated heterocycles. The first kappa shape index (κ1) is 12.5. The van der Waals surface area contributed by atoms with Gasteiger partial charge in [-0.25, -0.2) is 0 Å². The highest BCUT2D eigenvalue weighted by Crippen LogP contribution is 2.21. The van der Waals surface area contributed by atoms with Gasteiger partial charge in [0, 0.05) is 23.2 Å². The van der Waals surface area contributed by atoms with Gasteiger partial charge in [0.1, 0.15) is 0 Å². The standard InChI is InChI=1S/C12H19BrN2/c1-9(2)7-15(3)8-10-4-5-12(14)11(13)6-10/h4-6,9H,7-8,14H2,1-3H3. The van der Waals surface area contributed by atoms with Crippen molar-refractivity contribution in [2.24, 2.45) is 5.92 Å². The van der Waals surface area contributed by atoms with Gasteiger partial charge < -0.3 is 10.6 Å². The van der Waals surface area contributed by atoms with Crippen LogP contribution in [-0.4, -0.2) is 18.5 Å². The molecule has 2 N–H and O–H groups in total. The number of nitrogen functional groups attached to an aromatic ring is 1. The van der Waals surface area contributed by atoms with Gasteiger partial charge in [-0.1, -0.05) is 19.9 Å². The Balaban J connectivity index is 2.60. The summed E-state index contributed by atoms with van der Waals surface area (Å²) < 4.78 is 0.984. The number of hydrogen-bond acceptors (Lipinski definition) is 2. The van der Waals surface area contributed by atoms with Crippen LogP contribution < -0.4 is 5.73 Å². The van der Waals surface area contributed by atoms with E-state index in [9.17, 15) is 0 Å². The SMILES string of the molecule is CC(C)CN(C)Cc1ccc(N)c(Br)c1. The van der Waals surface area contributed by atoms with E-state index in [1.807, 2.05) is 6.07 Å².